The maximum Gasteiger partial charge on any atom is 0.222 e. The molecule has 0 aliphatic carbocycles. The molecule has 1 N–H and O–H groups in total. The van der Waals surface area contributed by atoms with Crippen LogP contribution >= 0.6 is 0 Å². The van der Waals surface area contributed by atoms with Crippen LogP contribution in [0.15, 0.2) is 17.5 Å². The monoisotopic (exact) mass is 181 g/mol. The lowest BCUT2D eigenvalue weighted by Gasteiger charge is -2.33. The van der Waals surface area contributed by atoms with E-state index >= 15 is 0 Å². The fourth-order valence-corrected chi connectivity index (χ4v) is 3.19. The van der Waals surface area contributed by atoms with Crippen LogP contribution in [0.1, 0.15) is 6.42 Å². The maximum atomic E-state index is 10.7. The fourth-order valence-electron chi connectivity index (χ4n) is 1.44. The van der Waals surface area contributed by atoms with Gasteiger partial charge in [-0.25, -0.2) is 0 Å². The van der Waals surface area contributed by atoms with Gasteiger partial charge in [0.05, 0.1) is 20.5 Å². The summed E-state index contributed by atoms with van der Waals surface area (Å²) in [4.78, 5) is 10.7. The summed E-state index contributed by atoms with van der Waals surface area (Å²) < 4.78 is 0. The molecule has 1 heterocycles. The maximum absolute atomic E-state index is 10.7. The first kappa shape index (κ1) is 9.30. The lowest BCUT2D eigenvalue weighted by atomic mass is 10.1. The highest BCUT2D eigenvalue weighted by Crippen LogP contribution is 2.22. The average molecular weight is 181 g/mol. The zero-order chi connectivity index (χ0) is 9.35. The Labute approximate surface area is 74.4 Å². The van der Waals surface area contributed by atoms with Crippen LogP contribution < -0.4 is 5.32 Å². The van der Waals surface area contributed by atoms with E-state index in [2.05, 4.69) is 37.3 Å². The summed E-state index contributed by atoms with van der Waals surface area (Å²) in [5.41, 5.74) is 2.98. The van der Waals surface area contributed by atoms with Crippen molar-refractivity contribution < 1.29 is 4.79 Å². The first-order valence-electron chi connectivity index (χ1n) is 4.15. The second-order valence-electron chi connectivity index (χ2n) is 4.16. The lowest BCUT2D eigenvalue weighted by Crippen LogP contribution is -2.53. The predicted octanol–water partition coefficient (Wildman–Crippen LogP) is 1.46. The number of carbonyl (C=O) groups is 1. The van der Waals surface area contributed by atoms with Gasteiger partial charge in [0, 0.05) is 0 Å². The van der Waals surface area contributed by atoms with Gasteiger partial charge in [0.15, 0.2) is 0 Å². The number of nitrogens with one attached hydrogen (secondary N) is 1. The lowest BCUT2D eigenvalue weighted by molar-refractivity contribution is -0.127. The van der Waals surface area contributed by atoms with Crippen molar-refractivity contribution in [2.75, 3.05) is 0 Å². The minimum absolute atomic E-state index is 0.144. The number of carbonyl (C=O) groups excluding carboxylic acids is 1. The zero-order valence-electron chi connectivity index (χ0n) is 7.90. The molecule has 1 atom stereocenters. The highest BCUT2D eigenvalue weighted by molar-refractivity contribution is 6.83. The molecule has 0 saturated carbocycles. The van der Waals surface area contributed by atoms with Crippen molar-refractivity contribution >= 4 is 14.0 Å². The Morgan fingerprint density at radius 2 is 2.17 bits per heavy atom. The van der Waals surface area contributed by atoms with Crippen molar-refractivity contribution in [1.82, 2.24) is 5.32 Å². The Balaban J connectivity index is 2.73. The molecule has 3 heteroatoms. The Morgan fingerprint density at radius 3 is 2.42 bits per heavy atom. The van der Waals surface area contributed by atoms with Crippen LogP contribution in [-0.4, -0.2) is 20.0 Å². The average Bonchev–Trinajstić information content (AvgIpc) is 1.82. The van der Waals surface area contributed by atoms with Gasteiger partial charge in [-0.3, -0.25) is 4.79 Å². The molecule has 0 aromatic carbocycles. The van der Waals surface area contributed by atoms with Crippen LogP contribution in [-0.2, 0) is 4.79 Å². The van der Waals surface area contributed by atoms with Gasteiger partial charge in [-0.15, -0.1) is 5.73 Å². The van der Waals surface area contributed by atoms with E-state index in [1.54, 1.807) is 0 Å². The van der Waals surface area contributed by atoms with Crippen molar-refractivity contribution in [1.29, 1.82) is 0 Å². The summed E-state index contributed by atoms with van der Waals surface area (Å²) in [5.74, 6) is 0.144. The van der Waals surface area contributed by atoms with Crippen LogP contribution in [0.4, 0.5) is 0 Å². The molecule has 1 rings (SSSR count). The van der Waals surface area contributed by atoms with Gasteiger partial charge in [0.1, 0.15) is 0 Å². The van der Waals surface area contributed by atoms with Crippen molar-refractivity contribution in [3.63, 3.8) is 0 Å². The van der Waals surface area contributed by atoms with E-state index < -0.39 is 8.07 Å². The van der Waals surface area contributed by atoms with Crippen molar-refractivity contribution in [3.8, 4) is 0 Å². The zero-order valence-corrected chi connectivity index (χ0v) is 8.90. The molecular formula is C9H15NOSi. The van der Waals surface area contributed by atoms with Crippen LogP contribution in [0, 0.1) is 0 Å². The molecule has 1 unspecified atom stereocenters. The number of rotatable bonds is 2. The molecule has 0 aromatic heterocycles. The smallest absolute Gasteiger partial charge is 0.222 e. The van der Waals surface area contributed by atoms with Gasteiger partial charge in [-0.2, -0.15) is 0 Å². The summed E-state index contributed by atoms with van der Waals surface area (Å²) in [6, 6.07) is 0.238. The first-order chi connectivity index (χ1) is 5.45. The molecule has 1 fully saturated rings. The van der Waals surface area contributed by atoms with Gasteiger partial charge in [0.25, 0.3) is 0 Å². The molecule has 66 valence electrons. The van der Waals surface area contributed by atoms with Gasteiger partial charge in [-0.1, -0.05) is 26.2 Å². The molecule has 0 aromatic rings. The standard InChI is InChI=1S/C9H15NOSi/c1-5-8(12(2,3)4)7-6-9(11)10-7/h7H,1,6H2,2-4H3,(H,10,11). The van der Waals surface area contributed by atoms with Gasteiger partial charge in [0.2, 0.25) is 5.91 Å². The van der Waals surface area contributed by atoms with E-state index in [9.17, 15) is 4.79 Å². The number of hydrogen-bond acceptors (Lipinski definition) is 1. The Bertz CT molecular complexity index is 250. The quantitative estimate of drug-likeness (QED) is 0.390. The minimum atomic E-state index is -1.32. The number of hydrogen-bond donors (Lipinski definition) is 1. The molecule has 0 bridgehead atoms. The molecule has 2 nitrogen and oxygen atoms in total. The third-order valence-corrected chi connectivity index (χ3v) is 4.21. The summed E-state index contributed by atoms with van der Waals surface area (Å²) in [5, 5.41) is 4.09. The van der Waals surface area contributed by atoms with Crippen LogP contribution in [0.5, 0.6) is 0 Å². The molecular weight excluding hydrogens is 166 g/mol. The van der Waals surface area contributed by atoms with Gasteiger partial charge in [-0.05, 0) is 5.20 Å². The number of amides is 1. The highest BCUT2D eigenvalue weighted by Gasteiger charge is 2.34. The van der Waals surface area contributed by atoms with Crippen LogP contribution in [0.25, 0.3) is 0 Å². The van der Waals surface area contributed by atoms with E-state index in [0.717, 1.165) is 0 Å². The van der Waals surface area contributed by atoms with Gasteiger partial charge >= 0.3 is 0 Å². The van der Waals surface area contributed by atoms with E-state index in [-0.39, 0.29) is 11.9 Å². The van der Waals surface area contributed by atoms with Crippen molar-refractivity contribution in [2.45, 2.75) is 32.1 Å². The van der Waals surface area contributed by atoms with E-state index in [0.29, 0.717) is 6.42 Å². The fraction of sp³-hybridized carbons (Fsp3) is 0.556. The third kappa shape index (κ3) is 1.68. The molecule has 1 aliphatic heterocycles. The van der Waals surface area contributed by atoms with Crippen LogP contribution in [0.2, 0.25) is 19.6 Å². The molecule has 1 amide bonds. The van der Waals surface area contributed by atoms with Crippen molar-refractivity contribution in [3.05, 3.63) is 17.5 Å². The predicted molar refractivity (Wildman–Crippen MR) is 52.5 cm³/mol. The Kier molecular flexibility index (Phi) is 2.26. The minimum Gasteiger partial charge on any atom is -0.349 e. The normalized spacial score (nSPS) is 22.2. The summed E-state index contributed by atoms with van der Waals surface area (Å²) in [6.45, 7) is 10.4. The molecule has 1 aliphatic rings. The van der Waals surface area contributed by atoms with E-state index in [1.165, 1.54) is 5.20 Å². The topological polar surface area (TPSA) is 29.1 Å². The van der Waals surface area contributed by atoms with Crippen LogP contribution in [0.3, 0.4) is 0 Å². The summed E-state index contributed by atoms with van der Waals surface area (Å²) >= 11 is 0. The Hall–Kier alpha value is -0.793. The third-order valence-electron chi connectivity index (χ3n) is 2.07. The summed E-state index contributed by atoms with van der Waals surface area (Å²) in [6.07, 6.45) is 0.627. The summed E-state index contributed by atoms with van der Waals surface area (Å²) in [7, 11) is -1.32. The molecule has 0 radical (unpaired) electrons. The van der Waals surface area contributed by atoms with Gasteiger partial charge < -0.3 is 5.32 Å². The van der Waals surface area contributed by atoms with Crippen molar-refractivity contribution in [2.24, 2.45) is 0 Å². The van der Waals surface area contributed by atoms with E-state index in [4.69, 9.17) is 0 Å². The molecule has 12 heavy (non-hydrogen) atoms. The second kappa shape index (κ2) is 2.92. The first-order valence-corrected chi connectivity index (χ1v) is 7.65. The molecule has 0 spiro atoms. The highest BCUT2D eigenvalue weighted by atomic mass is 28.3. The number of β-lactam (4-membered cyclic amide) rings is 1. The Morgan fingerprint density at radius 1 is 1.67 bits per heavy atom. The SMILES string of the molecule is C=C=C(C1CC(=O)N1)[Si](C)(C)C. The largest absolute Gasteiger partial charge is 0.349 e. The van der Waals surface area contributed by atoms with E-state index in [1.807, 2.05) is 0 Å². The molecule has 1 saturated heterocycles. The second-order valence-corrected chi connectivity index (χ2v) is 9.20.